The van der Waals surface area contributed by atoms with Crippen LogP contribution in [-0.2, 0) is 9.53 Å². The van der Waals surface area contributed by atoms with E-state index in [1.54, 1.807) is 0 Å². The fourth-order valence-electron chi connectivity index (χ4n) is 5.58. The number of rotatable bonds is 2. The van der Waals surface area contributed by atoms with Gasteiger partial charge in [0.05, 0.1) is 12.5 Å². The quantitative estimate of drug-likeness (QED) is 0.525. The number of methoxy groups -OCH3 is 1. The Labute approximate surface area is 140 Å². The SMILES string of the molecule is C=C[C@]1(C)C=C2C=C[C@@H]3[C@](C)(CCC[C@@]3(C)C(=O)OC)[C@H]2CC1. The number of ether oxygens (including phenoxy) is 1. The molecule has 3 aliphatic rings. The van der Waals surface area contributed by atoms with Gasteiger partial charge in [-0.1, -0.05) is 44.6 Å². The van der Waals surface area contributed by atoms with E-state index in [1.165, 1.54) is 25.5 Å². The summed E-state index contributed by atoms with van der Waals surface area (Å²) in [6.45, 7) is 10.8. The van der Waals surface area contributed by atoms with Crippen LogP contribution in [0.1, 0.15) is 52.9 Å². The van der Waals surface area contributed by atoms with Crippen LogP contribution in [-0.4, -0.2) is 13.1 Å². The van der Waals surface area contributed by atoms with E-state index in [2.05, 4.69) is 51.7 Å². The Bertz CT molecular complexity index is 587. The van der Waals surface area contributed by atoms with E-state index in [-0.39, 0.29) is 28.1 Å². The molecule has 0 N–H and O–H groups in total. The molecule has 0 heterocycles. The first kappa shape index (κ1) is 16.5. The Morgan fingerprint density at radius 1 is 1.30 bits per heavy atom. The van der Waals surface area contributed by atoms with Crippen LogP contribution in [0.3, 0.4) is 0 Å². The molecule has 2 nitrogen and oxygen atoms in total. The summed E-state index contributed by atoms with van der Waals surface area (Å²) in [5.74, 6) is 0.776. The maximum Gasteiger partial charge on any atom is 0.312 e. The Hall–Kier alpha value is -1.31. The number of carbonyl (C=O) groups excluding carboxylic acids is 1. The van der Waals surface area contributed by atoms with Crippen molar-refractivity contribution in [3.63, 3.8) is 0 Å². The molecule has 0 spiro atoms. The molecule has 0 amide bonds. The van der Waals surface area contributed by atoms with Gasteiger partial charge >= 0.3 is 5.97 Å². The van der Waals surface area contributed by atoms with Crippen molar-refractivity contribution in [2.45, 2.75) is 52.9 Å². The van der Waals surface area contributed by atoms with Crippen LogP contribution in [0.5, 0.6) is 0 Å². The van der Waals surface area contributed by atoms with Crippen LogP contribution in [0.2, 0.25) is 0 Å². The van der Waals surface area contributed by atoms with Gasteiger partial charge in [0.1, 0.15) is 0 Å². The van der Waals surface area contributed by atoms with Crippen molar-refractivity contribution in [2.75, 3.05) is 7.11 Å². The average Bonchev–Trinajstić information content (AvgIpc) is 2.53. The van der Waals surface area contributed by atoms with Crippen LogP contribution < -0.4 is 0 Å². The second-order valence-corrected chi connectivity index (χ2v) is 8.55. The molecular weight excluding hydrogens is 284 g/mol. The second-order valence-electron chi connectivity index (χ2n) is 8.55. The largest absolute Gasteiger partial charge is 0.469 e. The van der Waals surface area contributed by atoms with Gasteiger partial charge in [-0.2, -0.15) is 0 Å². The molecule has 0 aromatic carbocycles. The number of hydrogen-bond donors (Lipinski definition) is 0. The molecule has 3 rings (SSSR count). The third kappa shape index (κ3) is 2.33. The van der Waals surface area contributed by atoms with Crippen molar-refractivity contribution < 1.29 is 9.53 Å². The van der Waals surface area contributed by atoms with E-state index in [0.717, 1.165) is 19.3 Å². The third-order valence-corrected chi connectivity index (χ3v) is 7.07. The number of carbonyl (C=O) groups is 1. The highest BCUT2D eigenvalue weighted by Gasteiger charge is 2.57. The molecule has 0 unspecified atom stereocenters. The fourth-order valence-corrected chi connectivity index (χ4v) is 5.58. The van der Waals surface area contributed by atoms with E-state index in [4.69, 9.17) is 4.74 Å². The van der Waals surface area contributed by atoms with Crippen molar-refractivity contribution in [1.82, 2.24) is 0 Å². The molecule has 5 atom stereocenters. The molecule has 0 saturated heterocycles. The first-order chi connectivity index (χ1) is 10.8. The third-order valence-electron chi connectivity index (χ3n) is 7.07. The average molecular weight is 314 g/mol. The first-order valence-corrected chi connectivity index (χ1v) is 8.92. The van der Waals surface area contributed by atoms with Gasteiger partial charge in [-0.05, 0) is 55.4 Å². The van der Waals surface area contributed by atoms with Gasteiger partial charge in [0.15, 0.2) is 0 Å². The van der Waals surface area contributed by atoms with Crippen molar-refractivity contribution in [2.24, 2.45) is 28.1 Å². The predicted octanol–water partition coefficient (Wildman–Crippen LogP) is 5.07. The zero-order valence-corrected chi connectivity index (χ0v) is 15.0. The molecule has 0 radical (unpaired) electrons. The van der Waals surface area contributed by atoms with E-state index in [9.17, 15) is 4.79 Å². The van der Waals surface area contributed by atoms with Gasteiger partial charge in [0, 0.05) is 5.41 Å². The van der Waals surface area contributed by atoms with Crippen LogP contribution in [0.15, 0.2) is 36.5 Å². The van der Waals surface area contributed by atoms with Crippen LogP contribution in [0.4, 0.5) is 0 Å². The van der Waals surface area contributed by atoms with Crippen LogP contribution in [0.25, 0.3) is 0 Å². The lowest BCUT2D eigenvalue weighted by Gasteiger charge is -2.56. The van der Waals surface area contributed by atoms with E-state index in [0.29, 0.717) is 5.92 Å². The minimum Gasteiger partial charge on any atom is -0.469 e. The number of fused-ring (bicyclic) bond motifs is 3. The maximum absolute atomic E-state index is 12.5. The highest BCUT2D eigenvalue weighted by Crippen LogP contribution is 2.62. The van der Waals surface area contributed by atoms with E-state index < -0.39 is 0 Å². The standard InChI is InChI=1S/C21H30O2/c1-6-19(2)13-10-16-15(14-19)8-9-17-20(16,3)11-7-12-21(17,4)18(22)23-5/h6,8-9,14,16-17H,1,7,10-13H2,2-5H3/t16-,17+,19-,20+,21+/m0/s1. The molecule has 0 aromatic rings. The molecule has 1 fully saturated rings. The predicted molar refractivity (Wildman–Crippen MR) is 93.8 cm³/mol. The van der Waals surface area contributed by atoms with Crippen molar-refractivity contribution in [3.8, 4) is 0 Å². The highest BCUT2D eigenvalue weighted by atomic mass is 16.5. The van der Waals surface area contributed by atoms with E-state index in [1.807, 2.05) is 0 Å². The summed E-state index contributed by atoms with van der Waals surface area (Å²) in [6, 6.07) is 0. The highest BCUT2D eigenvalue weighted by molar-refractivity contribution is 5.77. The van der Waals surface area contributed by atoms with Gasteiger partial charge in [-0.3, -0.25) is 4.79 Å². The lowest BCUT2D eigenvalue weighted by molar-refractivity contribution is -0.162. The summed E-state index contributed by atoms with van der Waals surface area (Å²) in [5, 5.41) is 0. The molecule has 2 heteroatoms. The monoisotopic (exact) mass is 314 g/mol. The molecule has 1 saturated carbocycles. The molecule has 3 aliphatic carbocycles. The summed E-state index contributed by atoms with van der Waals surface area (Å²) in [4.78, 5) is 12.5. The topological polar surface area (TPSA) is 26.3 Å². The Kier molecular flexibility index (Phi) is 3.85. The zero-order valence-electron chi connectivity index (χ0n) is 15.0. The van der Waals surface area contributed by atoms with Gasteiger partial charge in [-0.25, -0.2) is 0 Å². The van der Waals surface area contributed by atoms with Gasteiger partial charge in [-0.15, -0.1) is 6.58 Å². The maximum atomic E-state index is 12.5. The summed E-state index contributed by atoms with van der Waals surface area (Å²) < 4.78 is 5.17. The van der Waals surface area contributed by atoms with Gasteiger partial charge in [0.25, 0.3) is 0 Å². The van der Waals surface area contributed by atoms with E-state index >= 15 is 0 Å². The van der Waals surface area contributed by atoms with Gasteiger partial charge < -0.3 is 4.74 Å². The number of allylic oxidation sites excluding steroid dienone is 5. The fraction of sp³-hybridized carbons (Fsp3) is 0.667. The minimum absolute atomic E-state index is 0.0442. The summed E-state index contributed by atoms with van der Waals surface area (Å²) in [6.07, 6.45) is 14.6. The molecule has 23 heavy (non-hydrogen) atoms. The smallest absolute Gasteiger partial charge is 0.312 e. The summed E-state index contributed by atoms with van der Waals surface area (Å²) in [5.41, 5.74) is 1.33. The first-order valence-electron chi connectivity index (χ1n) is 8.92. The molecule has 0 bridgehead atoms. The number of hydrogen-bond acceptors (Lipinski definition) is 2. The normalized spacial score (nSPS) is 45.5. The molecule has 0 aromatic heterocycles. The van der Waals surface area contributed by atoms with Crippen molar-refractivity contribution in [3.05, 3.63) is 36.5 Å². The molecule has 126 valence electrons. The second kappa shape index (κ2) is 5.36. The summed E-state index contributed by atoms with van der Waals surface area (Å²) >= 11 is 0. The molecule has 0 aliphatic heterocycles. The van der Waals surface area contributed by atoms with Crippen molar-refractivity contribution in [1.29, 1.82) is 0 Å². The Morgan fingerprint density at radius 3 is 2.70 bits per heavy atom. The molecular formula is C21H30O2. The van der Waals surface area contributed by atoms with Crippen LogP contribution >= 0.6 is 0 Å². The Balaban J connectivity index is 2.05. The minimum atomic E-state index is -0.386. The van der Waals surface area contributed by atoms with Gasteiger partial charge in [0.2, 0.25) is 0 Å². The lowest BCUT2D eigenvalue weighted by Crippen LogP contribution is -2.52. The lowest BCUT2D eigenvalue weighted by atomic mass is 9.47. The Morgan fingerprint density at radius 2 is 2.04 bits per heavy atom. The van der Waals surface area contributed by atoms with Crippen molar-refractivity contribution >= 4 is 5.97 Å². The summed E-state index contributed by atoms with van der Waals surface area (Å²) in [7, 11) is 1.52. The number of esters is 1. The zero-order chi connectivity index (χ0) is 16.9. The van der Waals surface area contributed by atoms with Crippen LogP contribution in [0, 0.1) is 28.1 Å².